The van der Waals surface area contributed by atoms with Crippen molar-refractivity contribution in [3.8, 4) is 0 Å². The van der Waals surface area contributed by atoms with Crippen LogP contribution >= 0.6 is 0 Å². The van der Waals surface area contributed by atoms with E-state index in [1.54, 1.807) is 5.57 Å². The fourth-order valence-corrected chi connectivity index (χ4v) is 8.81. The quantitative estimate of drug-likeness (QED) is 0.257. The standard InChI is InChI=1S/C29H47NO3/c1-18(2)8-7-9-19(3)23-10-11-24-22-17-27(30-32)26-16-21(33-20(4)31)12-14-29(26,6)25(22)13-15-28(23,24)5/h17-19,21,23-26,32H,7-16H2,1-6H3/b30-27-/t19-,21+,23-,24+,25+,26+,28-,29-/m1/s1. The average molecular weight is 458 g/mol. The van der Waals surface area contributed by atoms with Crippen LogP contribution in [-0.2, 0) is 9.53 Å². The first-order chi connectivity index (χ1) is 15.6. The maximum atomic E-state index is 11.6. The first kappa shape index (κ1) is 24.8. The van der Waals surface area contributed by atoms with Crippen LogP contribution in [0.25, 0.3) is 0 Å². The van der Waals surface area contributed by atoms with E-state index in [1.165, 1.54) is 51.9 Å². The van der Waals surface area contributed by atoms with Gasteiger partial charge in [-0.1, -0.05) is 64.6 Å². The predicted octanol–water partition coefficient (Wildman–Crippen LogP) is 7.40. The van der Waals surface area contributed by atoms with Gasteiger partial charge < -0.3 is 9.94 Å². The Morgan fingerprint density at radius 3 is 2.42 bits per heavy atom. The summed E-state index contributed by atoms with van der Waals surface area (Å²) in [6, 6.07) is 0. The zero-order valence-electron chi connectivity index (χ0n) is 21.9. The van der Waals surface area contributed by atoms with Crippen LogP contribution in [0.2, 0.25) is 0 Å². The highest BCUT2D eigenvalue weighted by Gasteiger charge is 2.59. The molecule has 4 nitrogen and oxygen atoms in total. The zero-order chi connectivity index (χ0) is 24.0. The summed E-state index contributed by atoms with van der Waals surface area (Å²) in [5.74, 6) is 3.54. The summed E-state index contributed by atoms with van der Waals surface area (Å²) in [7, 11) is 0. The molecule has 3 fully saturated rings. The van der Waals surface area contributed by atoms with Gasteiger partial charge in [-0.3, -0.25) is 4.79 Å². The van der Waals surface area contributed by atoms with E-state index in [-0.39, 0.29) is 23.4 Å². The van der Waals surface area contributed by atoms with E-state index >= 15 is 0 Å². The Morgan fingerprint density at radius 1 is 1.06 bits per heavy atom. The van der Waals surface area contributed by atoms with Gasteiger partial charge in [0.15, 0.2) is 0 Å². The van der Waals surface area contributed by atoms with Crippen molar-refractivity contribution in [2.24, 2.45) is 51.5 Å². The molecule has 0 spiro atoms. The molecule has 0 radical (unpaired) electrons. The Labute approximate surface area is 201 Å². The number of hydrogen-bond acceptors (Lipinski definition) is 4. The number of nitrogens with zero attached hydrogens (tertiary/aromatic N) is 1. The Bertz CT molecular complexity index is 801. The molecule has 0 aliphatic heterocycles. The predicted molar refractivity (Wildman–Crippen MR) is 133 cm³/mol. The van der Waals surface area contributed by atoms with Crippen LogP contribution in [0.15, 0.2) is 16.8 Å². The lowest BCUT2D eigenvalue weighted by Crippen LogP contribution is -2.53. The summed E-state index contributed by atoms with van der Waals surface area (Å²) in [6.45, 7) is 13.7. The molecule has 0 heterocycles. The Hall–Kier alpha value is -1.32. The van der Waals surface area contributed by atoms with Crippen LogP contribution in [0, 0.1) is 46.3 Å². The molecule has 33 heavy (non-hydrogen) atoms. The number of allylic oxidation sites excluding steroid dienone is 2. The van der Waals surface area contributed by atoms with Gasteiger partial charge in [-0.2, -0.15) is 0 Å². The van der Waals surface area contributed by atoms with Crippen LogP contribution < -0.4 is 0 Å². The Kier molecular flexibility index (Phi) is 7.05. The number of carbonyl (C=O) groups excluding carboxylic acids is 1. The molecular weight excluding hydrogens is 410 g/mol. The number of hydrogen-bond donors (Lipinski definition) is 1. The summed E-state index contributed by atoms with van der Waals surface area (Å²) in [4.78, 5) is 11.6. The first-order valence-electron chi connectivity index (χ1n) is 13.7. The highest BCUT2D eigenvalue weighted by molar-refractivity contribution is 5.99. The molecule has 0 bridgehead atoms. The highest BCUT2D eigenvalue weighted by atomic mass is 16.5. The molecule has 1 N–H and O–H groups in total. The summed E-state index contributed by atoms with van der Waals surface area (Å²) in [5.41, 5.74) is 2.89. The number of ether oxygens (including phenoxy) is 1. The Balaban J connectivity index is 1.56. The molecule has 8 atom stereocenters. The lowest BCUT2D eigenvalue weighted by Gasteiger charge is -2.57. The fraction of sp³-hybridized carbons (Fsp3) is 0.862. The van der Waals surface area contributed by atoms with E-state index in [2.05, 4.69) is 45.9 Å². The summed E-state index contributed by atoms with van der Waals surface area (Å²) >= 11 is 0. The molecule has 0 amide bonds. The van der Waals surface area contributed by atoms with Gasteiger partial charge in [-0.05, 0) is 91.4 Å². The minimum atomic E-state index is -0.203. The van der Waals surface area contributed by atoms with E-state index in [1.807, 2.05) is 0 Å². The molecule has 0 saturated heterocycles. The van der Waals surface area contributed by atoms with Gasteiger partial charge in [0.25, 0.3) is 0 Å². The van der Waals surface area contributed by atoms with Gasteiger partial charge in [0, 0.05) is 12.8 Å². The fourth-order valence-electron chi connectivity index (χ4n) is 8.81. The number of esters is 1. The molecule has 0 unspecified atom stereocenters. The van der Waals surface area contributed by atoms with E-state index in [0.29, 0.717) is 17.3 Å². The third-order valence-electron chi connectivity index (χ3n) is 10.5. The van der Waals surface area contributed by atoms with E-state index in [9.17, 15) is 10.0 Å². The maximum Gasteiger partial charge on any atom is 0.302 e. The van der Waals surface area contributed by atoms with Crippen molar-refractivity contribution in [2.75, 3.05) is 0 Å². The second-order valence-electron chi connectivity index (χ2n) is 12.9. The number of fused-ring (bicyclic) bond motifs is 5. The lowest BCUT2D eigenvalue weighted by atomic mass is 9.47. The molecule has 4 aliphatic carbocycles. The van der Waals surface area contributed by atoms with Crippen LogP contribution in [0.3, 0.4) is 0 Å². The normalized spacial score (nSPS) is 42.3. The van der Waals surface area contributed by atoms with Crippen LogP contribution in [0.4, 0.5) is 0 Å². The van der Waals surface area contributed by atoms with E-state index in [4.69, 9.17) is 4.74 Å². The minimum Gasteiger partial charge on any atom is -0.463 e. The minimum absolute atomic E-state index is 0.0521. The van der Waals surface area contributed by atoms with E-state index < -0.39 is 0 Å². The van der Waals surface area contributed by atoms with Gasteiger partial charge in [-0.15, -0.1) is 0 Å². The number of rotatable bonds is 6. The van der Waals surface area contributed by atoms with Crippen molar-refractivity contribution in [3.05, 3.63) is 11.6 Å². The third-order valence-corrected chi connectivity index (χ3v) is 10.5. The van der Waals surface area contributed by atoms with Gasteiger partial charge in [0.1, 0.15) is 6.10 Å². The van der Waals surface area contributed by atoms with Crippen molar-refractivity contribution < 1.29 is 14.7 Å². The van der Waals surface area contributed by atoms with Crippen molar-refractivity contribution in [2.45, 2.75) is 112 Å². The van der Waals surface area contributed by atoms with Gasteiger partial charge in [0.2, 0.25) is 0 Å². The summed E-state index contributed by atoms with van der Waals surface area (Å²) in [5, 5.41) is 13.9. The Morgan fingerprint density at radius 2 is 1.76 bits per heavy atom. The van der Waals surface area contributed by atoms with Crippen molar-refractivity contribution in [1.29, 1.82) is 0 Å². The molecule has 4 aliphatic rings. The molecule has 0 aromatic carbocycles. The van der Waals surface area contributed by atoms with Crippen molar-refractivity contribution >= 4 is 11.7 Å². The third kappa shape index (κ3) is 4.41. The first-order valence-corrected chi connectivity index (χ1v) is 13.7. The molecule has 4 rings (SSSR count). The molecule has 4 heteroatoms. The molecular formula is C29H47NO3. The second kappa shape index (κ2) is 9.38. The summed E-state index contributed by atoms with van der Waals surface area (Å²) < 4.78 is 5.59. The SMILES string of the molecule is CC(=O)O[C@H]1CC[C@]2(C)[C@H]3CC[C@]4(C)[C@@H]([C@H](C)CCCC(C)C)CC[C@H]4C3=C/C(=N/O)[C@@H]2C1. The number of carbonyl (C=O) groups is 1. The van der Waals surface area contributed by atoms with Crippen LogP contribution in [0.1, 0.15) is 106 Å². The van der Waals surface area contributed by atoms with Crippen LogP contribution in [-0.4, -0.2) is 23.0 Å². The highest BCUT2D eigenvalue weighted by Crippen LogP contribution is 2.66. The molecule has 186 valence electrons. The van der Waals surface area contributed by atoms with E-state index in [0.717, 1.165) is 42.7 Å². The van der Waals surface area contributed by atoms with Crippen molar-refractivity contribution in [3.63, 3.8) is 0 Å². The molecule has 0 aromatic heterocycles. The largest absolute Gasteiger partial charge is 0.463 e. The number of oxime groups is 1. The van der Waals surface area contributed by atoms with Crippen LogP contribution in [0.5, 0.6) is 0 Å². The van der Waals surface area contributed by atoms with Gasteiger partial charge >= 0.3 is 5.97 Å². The van der Waals surface area contributed by atoms with Crippen molar-refractivity contribution in [1.82, 2.24) is 0 Å². The smallest absolute Gasteiger partial charge is 0.302 e. The second-order valence-corrected chi connectivity index (χ2v) is 12.9. The monoisotopic (exact) mass is 457 g/mol. The average Bonchev–Trinajstić information content (AvgIpc) is 3.10. The zero-order valence-corrected chi connectivity index (χ0v) is 21.9. The molecule has 3 saturated carbocycles. The van der Waals surface area contributed by atoms with Gasteiger partial charge in [-0.25, -0.2) is 0 Å². The topological polar surface area (TPSA) is 58.9 Å². The van der Waals surface area contributed by atoms with Gasteiger partial charge in [0.05, 0.1) is 5.71 Å². The summed E-state index contributed by atoms with van der Waals surface area (Å²) in [6.07, 6.45) is 14.2. The molecule has 0 aromatic rings. The maximum absolute atomic E-state index is 11.6. The lowest BCUT2D eigenvalue weighted by molar-refractivity contribution is -0.150.